The molecule has 106 valence electrons. The van der Waals surface area contributed by atoms with Crippen LogP contribution in [0.4, 0.5) is 0 Å². The Hall–Kier alpha value is -2.05. The van der Waals surface area contributed by atoms with E-state index in [1.165, 1.54) is 12.3 Å². The van der Waals surface area contributed by atoms with Crippen molar-refractivity contribution in [3.05, 3.63) is 47.1 Å². The molecule has 6 nitrogen and oxygen atoms in total. The number of nitrogens with one attached hydrogen (secondary N) is 2. The molecular formula is C13H15ClN4O2. The van der Waals surface area contributed by atoms with Crippen molar-refractivity contribution in [2.45, 2.75) is 6.10 Å². The molecule has 1 fully saturated rings. The van der Waals surface area contributed by atoms with E-state index in [0.29, 0.717) is 23.7 Å². The third-order valence-electron chi connectivity index (χ3n) is 2.63. The predicted octanol–water partition coefficient (Wildman–Crippen LogP) is 0.579. The van der Waals surface area contributed by atoms with Crippen molar-refractivity contribution in [1.29, 1.82) is 0 Å². The highest BCUT2D eigenvalue weighted by atomic mass is 35.5. The minimum Gasteiger partial charge on any atom is -0.456 e. The van der Waals surface area contributed by atoms with Crippen LogP contribution in [0.15, 0.2) is 41.6 Å². The van der Waals surface area contributed by atoms with Gasteiger partial charge in [-0.1, -0.05) is 23.7 Å². The Morgan fingerprint density at radius 3 is 3.00 bits per heavy atom. The Bertz CT molecular complexity index is 541. The second kappa shape index (κ2) is 6.93. The zero-order chi connectivity index (χ0) is 14.4. The van der Waals surface area contributed by atoms with Gasteiger partial charge in [-0.05, 0) is 12.1 Å². The highest BCUT2D eigenvalue weighted by Crippen LogP contribution is 2.09. The van der Waals surface area contributed by atoms with Crippen LogP contribution in [-0.2, 0) is 9.53 Å². The van der Waals surface area contributed by atoms with Crippen LogP contribution in [0.3, 0.4) is 0 Å². The normalized spacial score (nSPS) is 15.9. The molecule has 1 aromatic carbocycles. The zero-order valence-electron chi connectivity index (χ0n) is 10.7. The van der Waals surface area contributed by atoms with Crippen molar-refractivity contribution < 1.29 is 9.53 Å². The summed E-state index contributed by atoms with van der Waals surface area (Å²) in [5.74, 6) is -0.144. The lowest BCUT2D eigenvalue weighted by Gasteiger charge is -2.25. The molecule has 0 bridgehead atoms. The van der Waals surface area contributed by atoms with Crippen molar-refractivity contribution in [3.8, 4) is 0 Å². The van der Waals surface area contributed by atoms with Crippen molar-refractivity contribution in [3.63, 3.8) is 0 Å². The molecule has 4 N–H and O–H groups in total. The van der Waals surface area contributed by atoms with Crippen LogP contribution in [0.25, 0.3) is 0 Å². The fourth-order valence-electron chi connectivity index (χ4n) is 1.47. The number of benzene rings is 1. The first-order valence-corrected chi connectivity index (χ1v) is 6.45. The number of ether oxygens (including phenoxy) is 1. The number of halogens is 1. The Kier molecular flexibility index (Phi) is 4.97. The van der Waals surface area contributed by atoms with Gasteiger partial charge in [0.25, 0.3) is 0 Å². The molecule has 7 heteroatoms. The summed E-state index contributed by atoms with van der Waals surface area (Å²) in [6.45, 7) is 1.40. The first kappa shape index (κ1) is 14.4. The fraction of sp³-hybridized carbons (Fsp3) is 0.231. The van der Waals surface area contributed by atoms with Crippen LogP contribution in [0.1, 0.15) is 5.56 Å². The van der Waals surface area contributed by atoms with Gasteiger partial charge < -0.3 is 15.8 Å². The molecule has 0 radical (unpaired) electrons. The summed E-state index contributed by atoms with van der Waals surface area (Å²) in [5.41, 5.74) is 9.02. The Labute approximate surface area is 121 Å². The average Bonchev–Trinajstić information content (AvgIpc) is 2.39. The smallest absolute Gasteiger partial charge is 0.332 e. The van der Waals surface area contributed by atoms with Crippen LogP contribution in [0.2, 0.25) is 5.02 Å². The van der Waals surface area contributed by atoms with Crippen molar-refractivity contribution in [2.24, 2.45) is 10.8 Å². The number of hydrogen-bond acceptors (Lipinski definition) is 5. The Morgan fingerprint density at radius 1 is 1.55 bits per heavy atom. The van der Waals surface area contributed by atoms with E-state index < -0.39 is 5.97 Å². The van der Waals surface area contributed by atoms with Gasteiger partial charge in [0.1, 0.15) is 6.10 Å². The number of nitrogens with two attached hydrogens (primary N) is 1. The van der Waals surface area contributed by atoms with Gasteiger partial charge in [-0.2, -0.15) is 5.10 Å². The van der Waals surface area contributed by atoms with E-state index in [2.05, 4.69) is 15.8 Å². The van der Waals surface area contributed by atoms with Crippen molar-refractivity contribution in [1.82, 2.24) is 10.7 Å². The van der Waals surface area contributed by atoms with E-state index in [1.807, 2.05) is 0 Å². The number of rotatable bonds is 5. The lowest BCUT2D eigenvalue weighted by molar-refractivity contribution is -0.145. The number of esters is 1. The number of hydrazone groups is 1. The van der Waals surface area contributed by atoms with Gasteiger partial charge in [-0.15, -0.1) is 0 Å². The summed E-state index contributed by atoms with van der Waals surface area (Å²) >= 11 is 5.85. The van der Waals surface area contributed by atoms with Crippen LogP contribution in [-0.4, -0.2) is 31.0 Å². The topological polar surface area (TPSA) is 88.7 Å². The third kappa shape index (κ3) is 4.25. The SMILES string of the molecule is N/C(=N\N/C=C/C(=O)OC1CNC1)c1cccc(Cl)c1. The van der Waals surface area contributed by atoms with E-state index in [0.717, 1.165) is 0 Å². The summed E-state index contributed by atoms with van der Waals surface area (Å²) in [6, 6.07) is 7.01. The van der Waals surface area contributed by atoms with Crippen LogP contribution < -0.4 is 16.5 Å². The van der Waals surface area contributed by atoms with Gasteiger partial charge in [-0.3, -0.25) is 5.43 Å². The lowest BCUT2D eigenvalue weighted by atomic mass is 10.2. The summed E-state index contributed by atoms with van der Waals surface area (Å²) in [6.07, 6.45) is 2.59. The molecule has 1 aromatic rings. The second-order valence-corrected chi connectivity index (χ2v) is 4.62. The number of carbonyl (C=O) groups is 1. The molecule has 0 aromatic heterocycles. The van der Waals surface area contributed by atoms with Crippen LogP contribution in [0, 0.1) is 0 Å². The molecule has 20 heavy (non-hydrogen) atoms. The first-order valence-electron chi connectivity index (χ1n) is 6.07. The molecule has 0 spiro atoms. The van der Waals surface area contributed by atoms with E-state index in [4.69, 9.17) is 22.1 Å². The van der Waals surface area contributed by atoms with Gasteiger partial charge in [0.05, 0.1) is 0 Å². The highest BCUT2D eigenvalue weighted by Gasteiger charge is 2.19. The van der Waals surface area contributed by atoms with Gasteiger partial charge in [0.15, 0.2) is 5.84 Å². The minimum absolute atomic E-state index is 0.0350. The van der Waals surface area contributed by atoms with Crippen molar-refractivity contribution in [2.75, 3.05) is 13.1 Å². The van der Waals surface area contributed by atoms with Gasteiger partial charge in [0, 0.05) is 36.0 Å². The third-order valence-corrected chi connectivity index (χ3v) is 2.86. The number of nitrogens with zero attached hydrogens (tertiary/aromatic N) is 1. The summed E-state index contributed by atoms with van der Waals surface area (Å²) < 4.78 is 5.07. The van der Waals surface area contributed by atoms with E-state index in [9.17, 15) is 4.79 Å². The molecule has 0 atom stereocenters. The van der Waals surface area contributed by atoms with E-state index in [-0.39, 0.29) is 11.9 Å². The quantitative estimate of drug-likeness (QED) is 0.243. The maximum atomic E-state index is 11.3. The number of carbonyl (C=O) groups excluding carboxylic acids is 1. The van der Waals surface area contributed by atoms with E-state index in [1.54, 1.807) is 24.3 Å². The van der Waals surface area contributed by atoms with Gasteiger partial charge >= 0.3 is 5.97 Å². The van der Waals surface area contributed by atoms with Crippen molar-refractivity contribution >= 4 is 23.4 Å². The average molecular weight is 295 g/mol. The maximum absolute atomic E-state index is 11.3. The largest absolute Gasteiger partial charge is 0.456 e. The summed E-state index contributed by atoms with van der Waals surface area (Å²) in [5, 5.41) is 7.48. The van der Waals surface area contributed by atoms with Gasteiger partial charge in [-0.25, -0.2) is 4.79 Å². The molecule has 0 amide bonds. The molecule has 1 aliphatic heterocycles. The molecule has 1 heterocycles. The molecule has 1 saturated heterocycles. The highest BCUT2D eigenvalue weighted by molar-refractivity contribution is 6.31. The van der Waals surface area contributed by atoms with Crippen LogP contribution in [0.5, 0.6) is 0 Å². The maximum Gasteiger partial charge on any atom is 0.332 e. The first-order chi connectivity index (χ1) is 9.65. The number of hydrogen-bond donors (Lipinski definition) is 3. The molecule has 1 aliphatic rings. The monoisotopic (exact) mass is 294 g/mol. The molecule has 2 rings (SSSR count). The summed E-state index contributed by atoms with van der Waals surface area (Å²) in [7, 11) is 0. The number of amidine groups is 1. The molecular weight excluding hydrogens is 280 g/mol. The minimum atomic E-state index is -0.416. The summed E-state index contributed by atoms with van der Waals surface area (Å²) in [4.78, 5) is 11.3. The standard InChI is InChI=1S/C13H15ClN4O2/c14-10-3-1-2-9(6-10)13(15)18-17-5-4-12(19)20-11-7-16-8-11/h1-6,11,16-17H,7-8H2,(H2,15,18)/b5-4+. The predicted molar refractivity (Wildman–Crippen MR) is 77.2 cm³/mol. The Morgan fingerprint density at radius 2 is 2.35 bits per heavy atom. The van der Waals surface area contributed by atoms with E-state index >= 15 is 0 Å². The lowest BCUT2D eigenvalue weighted by Crippen LogP contribution is -2.49. The Balaban J connectivity index is 1.81. The fourth-order valence-corrected chi connectivity index (χ4v) is 1.66. The molecule has 0 aliphatic carbocycles. The van der Waals surface area contributed by atoms with Gasteiger partial charge in [0.2, 0.25) is 0 Å². The van der Waals surface area contributed by atoms with Crippen LogP contribution >= 0.6 is 11.6 Å². The zero-order valence-corrected chi connectivity index (χ0v) is 11.4. The second-order valence-electron chi connectivity index (χ2n) is 4.19. The molecule has 0 unspecified atom stereocenters. The molecule has 0 saturated carbocycles.